The highest BCUT2D eigenvalue weighted by Crippen LogP contribution is 2.32. The Morgan fingerprint density at radius 2 is 2.25 bits per heavy atom. The largest absolute Gasteiger partial charge is 0.381 e. The molecule has 0 spiro atoms. The number of ether oxygens (including phenoxy) is 1. The summed E-state index contributed by atoms with van der Waals surface area (Å²) in [6, 6.07) is 9.34. The number of aromatic nitrogens is 4. The maximum absolute atomic E-state index is 9.08. The first-order valence-electron chi connectivity index (χ1n) is 7.47. The van der Waals surface area contributed by atoms with Gasteiger partial charge in [0.05, 0.1) is 28.4 Å². The third-order valence-electron chi connectivity index (χ3n) is 4.03. The molecule has 1 unspecified atom stereocenters. The molecule has 2 aromatic heterocycles. The van der Waals surface area contributed by atoms with Crippen molar-refractivity contribution in [2.45, 2.75) is 12.3 Å². The highest BCUT2D eigenvalue weighted by atomic mass is 79.9. The van der Waals surface area contributed by atoms with Gasteiger partial charge in [-0.05, 0) is 34.5 Å². The number of hydrogen-bond acceptors (Lipinski definition) is 6. The molecule has 1 atom stereocenters. The summed E-state index contributed by atoms with van der Waals surface area (Å²) in [4.78, 5) is 9.06. The van der Waals surface area contributed by atoms with E-state index < -0.39 is 0 Å². The minimum Gasteiger partial charge on any atom is -0.381 e. The molecule has 3 heterocycles. The molecular formula is C16H13BrN6O. The Kier molecular flexibility index (Phi) is 3.67. The summed E-state index contributed by atoms with van der Waals surface area (Å²) in [6.07, 6.45) is 0.902. The number of nitrogen functional groups attached to an aromatic ring is 1. The fourth-order valence-corrected chi connectivity index (χ4v) is 3.36. The van der Waals surface area contributed by atoms with Crippen LogP contribution in [0.2, 0.25) is 0 Å². The van der Waals surface area contributed by atoms with E-state index >= 15 is 0 Å². The molecule has 0 saturated carbocycles. The van der Waals surface area contributed by atoms with E-state index in [1.807, 2.05) is 12.1 Å². The van der Waals surface area contributed by atoms with Gasteiger partial charge in [-0.15, -0.1) is 5.10 Å². The van der Waals surface area contributed by atoms with Crippen molar-refractivity contribution in [2.24, 2.45) is 0 Å². The predicted molar refractivity (Wildman–Crippen MR) is 91.2 cm³/mol. The van der Waals surface area contributed by atoms with E-state index in [1.54, 1.807) is 12.1 Å². The fraction of sp³-hybridized carbons (Fsp3) is 0.250. The first-order valence-corrected chi connectivity index (χ1v) is 8.26. The lowest BCUT2D eigenvalue weighted by atomic mass is 10.1. The number of hydrogen-bond donors (Lipinski definition) is 1. The van der Waals surface area contributed by atoms with Gasteiger partial charge in [0.15, 0.2) is 11.5 Å². The van der Waals surface area contributed by atoms with Crippen LogP contribution < -0.4 is 5.73 Å². The fourth-order valence-electron chi connectivity index (χ4n) is 2.79. The highest BCUT2D eigenvalue weighted by molar-refractivity contribution is 9.10. The molecule has 1 aliphatic heterocycles. The topological polar surface area (TPSA) is 102 Å². The summed E-state index contributed by atoms with van der Waals surface area (Å²) in [5.74, 6) is 1.15. The average molecular weight is 385 g/mol. The smallest absolute Gasteiger partial charge is 0.223 e. The summed E-state index contributed by atoms with van der Waals surface area (Å²) < 4.78 is 7.64. The van der Waals surface area contributed by atoms with Crippen LogP contribution in [0.1, 0.15) is 23.7 Å². The zero-order valence-corrected chi connectivity index (χ0v) is 14.2. The zero-order chi connectivity index (χ0) is 16.7. The Morgan fingerprint density at radius 1 is 1.38 bits per heavy atom. The number of anilines is 1. The molecule has 0 amide bonds. The second-order valence-corrected chi connectivity index (χ2v) is 6.38. The summed E-state index contributed by atoms with van der Waals surface area (Å²) in [5.41, 5.74) is 8.68. The third-order valence-corrected chi connectivity index (χ3v) is 4.76. The molecular weight excluding hydrogens is 372 g/mol. The molecule has 1 aromatic carbocycles. The van der Waals surface area contributed by atoms with E-state index in [1.165, 1.54) is 4.52 Å². The second-order valence-electron chi connectivity index (χ2n) is 5.59. The molecule has 4 rings (SSSR count). The first-order chi connectivity index (χ1) is 11.7. The van der Waals surface area contributed by atoms with E-state index in [9.17, 15) is 0 Å². The Balaban J connectivity index is 1.88. The van der Waals surface area contributed by atoms with Crippen molar-refractivity contribution in [3.8, 4) is 17.3 Å². The molecule has 0 radical (unpaired) electrons. The number of fused-ring (bicyclic) bond motifs is 1. The van der Waals surface area contributed by atoms with E-state index in [-0.39, 0.29) is 11.9 Å². The first kappa shape index (κ1) is 15.1. The third kappa shape index (κ3) is 2.42. The van der Waals surface area contributed by atoms with Crippen LogP contribution >= 0.6 is 15.9 Å². The number of nitrogens with zero attached hydrogens (tertiary/aromatic N) is 5. The molecule has 2 N–H and O–H groups in total. The minimum atomic E-state index is 0.182. The maximum atomic E-state index is 9.08. The Labute approximate surface area is 146 Å². The van der Waals surface area contributed by atoms with Crippen LogP contribution in [-0.2, 0) is 4.74 Å². The molecule has 7 nitrogen and oxygen atoms in total. The molecule has 24 heavy (non-hydrogen) atoms. The van der Waals surface area contributed by atoms with Crippen molar-refractivity contribution in [1.29, 1.82) is 5.26 Å². The molecule has 0 bridgehead atoms. The summed E-state index contributed by atoms with van der Waals surface area (Å²) in [5, 5.41) is 13.6. The Hall–Kier alpha value is -2.50. The van der Waals surface area contributed by atoms with Gasteiger partial charge in [0.25, 0.3) is 0 Å². The van der Waals surface area contributed by atoms with Gasteiger partial charge in [-0.1, -0.05) is 12.1 Å². The van der Waals surface area contributed by atoms with Crippen molar-refractivity contribution < 1.29 is 4.74 Å². The van der Waals surface area contributed by atoms with E-state index in [0.29, 0.717) is 33.8 Å². The van der Waals surface area contributed by atoms with Crippen molar-refractivity contribution in [3.63, 3.8) is 0 Å². The molecule has 120 valence electrons. The predicted octanol–water partition coefficient (Wildman–Crippen LogP) is 2.51. The SMILES string of the molecule is N#Cc1cccc(-c2nc(N)n3nc(C4CCOC4)nc3c2Br)c1. The number of rotatable bonds is 2. The van der Waals surface area contributed by atoms with Crippen molar-refractivity contribution in [3.05, 3.63) is 40.1 Å². The minimum absolute atomic E-state index is 0.182. The van der Waals surface area contributed by atoms with Crippen LogP contribution in [0.25, 0.3) is 16.9 Å². The van der Waals surface area contributed by atoms with Crippen LogP contribution in [0.4, 0.5) is 5.95 Å². The monoisotopic (exact) mass is 384 g/mol. The number of benzene rings is 1. The highest BCUT2D eigenvalue weighted by Gasteiger charge is 2.24. The van der Waals surface area contributed by atoms with Crippen molar-refractivity contribution in [2.75, 3.05) is 18.9 Å². The van der Waals surface area contributed by atoms with Crippen LogP contribution in [0.3, 0.4) is 0 Å². The molecule has 1 aliphatic rings. The summed E-state index contributed by atoms with van der Waals surface area (Å²) in [6.45, 7) is 1.35. The van der Waals surface area contributed by atoms with Gasteiger partial charge in [-0.3, -0.25) is 0 Å². The lowest BCUT2D eigenvalue weighted by molar-refractivity contribution is 0.193. The standard InChI is InChI=1S/C16H13BrN6O/c17-12-13(10-3-1-2-9(6-10)7-18)20-16(19)23-15(12)21-14(22-23)11-4-5-24-8-11/h1-3,6,11H,4-5,8H2,(H2,19,20). The summed E-state index contributed by atoms with van der Waals surface area (Å²) >= 11 is 3.57. The normalized spacial score (nSPS) is 17.2. The van der Waals surface area contributed by atoms with Gasteiger partial charge in [-0.2, -0.15) is 9.78 Å². The molecule has 8 heteroatoms. The quantitative estimate of drug-likeness (QED) is 0.727. The van der Waals surface area contributed by atoms with E-state index in [4.69, 9.17) is 15.7 Å². The van der Waals surface area contributed by atoms with E-state index in [0.717, 1.165) is 18.6 Å². The van der Waals surface area contributed by atoms with Gasteiger partial charge in [0, 0.05) is 18.1 Å². The number of halogens is 1. The van der Waals surface area contributed by atoms with Crippen LogP contribution in [-0.4, -0.2) is 32.8 Å². The van der Waals surface area contributed by atoms with Crippen LogP contribution in [0.15, 0.2) is 28.7 Å². The number of nitriles is 1. The zero-order valence-electron chi connectivity index (χ0n) is 12.6. The van der Waals surface area contributed by atoms with Gasteiger partial charge in [-0.25, -0.2) is 9.97 Å². The van der Waals surface area contributed by atoms with Crippen LogP contribution in [0.5, 0.6) is 0 Å². The average Bonchev–Trinajstić information content (AvgIpc) is 3.27. The van der Waals surface area contributed by atoms with E-state index in [2.05, 4.69) is 37.1 Å². The Bertz CT molecular complexity index is 971. The van der Waals surface area contributed by atoms with Gasteiger partial charge >= 0.3 is 0 Å². The molecule has 0 aliphatic carbocycles. The van der Waals surface area contributed by atoms with Crippen molar-refractivity contribution in [1.82, 2.24) is 19.6 Å². The second kappa shape index (κ2) is 5.85. The Morgan fingerprint density at radius 3 is 3.00 bits per heavy atom. The summed E-state index contributed by atoms with van der Waals surface area (Å²) in [7, 11) is 0. The van der Waals surface area contributed by atoms with Gasteiger partial charge in [0.1, 0.15) is 0 Å². The maximum Gasteiger partial charge on any atom is 0.223 e. The van der Waals surface area contributed by atoms with Gasteiger partial charge < -0.3 is 10.5 Å². The molecule has 1 saturated heterocycles. The lowest BCUT2D eigenvalue weighted by Crippen LogP contribution is -2.05. The van der Waals surface area contributed by atoms with Crippen LogP contribution in [0, 0.1) is 11.3 Å². The number of nitrogens with two attached hydrogens (primary N) is 1. The lowest BCUT2D eigenvalue weighted by Gasteiger charge is -2.07. The van der Waals surface area contributed by atoms with Crippen molar-refractivity contribution >= 4 is 27.5 Å². The molecule has 1 fully saturated rings. The molecule has 3 aromatic rings. The van der Waals surface area contributed by atoms with Gasteiger partial charge in [0.2, 0.25) is 5.95 Å².